The van der Waals surface area contributed by atoms with E-state index in [1.165, 1.54) is 0 Å². The average Bonchev–Trinajstić information content (AvgIpc) is 2.02. The van der Waals surface area contributed by atoms with Crippen molar-refractivity contribution >= 4 is 11.8 Å². The Kier molecular flexibility index (Phi) is 7.34. The van der Waals surface area contributed by atoms with E-state index in [1.54, 1.807) is 0 Å². The maximum atomic E-state index is 11.8. The van der Waals surface area contributed by atoms with Gasteiger partial charge in [-0.2, -0.15) is 13.2 Å². The maximum absolute atomic E-state index is 11.8. The Hall–Kier alpha value is 0.0200. The summed E-state index contributed by atoms with van der Waals surface area (Å²) in [6, 6.07) is 0. The van der Waals surface area contributed by atoms with E-state index in [0.717, 1.165) is 0 Å². The van der Waals surface area contributed by atoms with Crippen LogP contribution in [0.4, 0.5) is 13.2 Å². The molecule has 0 amide bonds. The Morgan fingerprint density at radius 1 is 1.00 bits per heavy atom. The zero-order valence-corrected chi connectivity index (χ0v) is 8.70. The summed E-state index contributed by atoms with van der Waals surface area (Å²) in [5, 5.41) is 0. The summed E-state index contributed by atoms with van der Waals surface area (Å²) in [6.45, 7) is 2.44. The largest absolute Gasteiger partial charge is 0.441 e. The van der Waals surface area contributed by atoms with E-state index in [-0.39, 0.29) is 17.5 Å². The minimum absolute atomic E-state index is 0.00969. The van der Waals surface area contributed by atoms with Crippen molar-refractivity contribution in [1.29, 1.82) is 0 Å². The second-order valence-corrected chi connectivity index (χ2v) is 3.87. The molecule has 0 aromatic heterocycles. The molecule has 0 unspecified atom stereocenters. The van der Waals surface area contributed by atoms with Gasteiger partial charge in [0.05, 0.1) is 0 Å². The van der Waals surface area contributed by atoms with Gasteiger partial charge in [0.15, 0.2) is 0 Å². The lowest BCUT2D eigenvalue weighted by molar-refractivity contribution is -0.0328. The van der Waals surface area contributed by atoms with Gasteiger partial charge in [-0.25, -0.2) is 0 Å². The van der Waals surface area contributed by atoms with Gasteiger partial charge in [-0.05, 0) is 11.8 Å². The first-order valence-electron chi connectivity index (χ1n) is 4.32. The fourth-order valence-electron chi connectivity index (χ4n) is 0.991. The smallest absolute Gasteiger partial charge is 0.329 e. The van der Waals surface area contributed by atoms with Crippen LogP contribution in [-0.4, -0.2) is 48.9 Å². The first-order valence-corrected chi connectivity index (χ1v) is 5.31. The minimum atomic E-state index is -4.14. The van der Waals surface area contributed by atoms with Gasteiger partial charge in [-0.3, -0.25) is 0 Å². The highest BCUT2D eigenvalue weighted by Gasteiger charge is 2.27. The zero-order chi connectivity index (χ0) is 11.0. The van der Waals surface area contributed by atoms with Gasteiger partial charge >= 0.3 is 5.51 Å². The second kappa shape index (κ2) is 7.33. The van der Waals surface area contributed by atoms with Gasteiger partial charge in [-0.15, -0.1) is 0 Å². The Morgan fingerprint density at radius 3 is 1.86 bits per heavy atom. The lowest BCUT2D eigenvalue weighted by Gasteiger charge is -2.20. The summed E-state index contributed by atoms with van der Waals surface area (Å²) >= 11 is -0.00969. The fourth-order valence-corrected chi connectivity index (χ4v) is 1.57. The topological polar surface area (TPSA) is 55.3 Å². The Morgan fingerprint density at radius 2 is 1.50 bits per heavy atom. The summed E-state index contributed by atoms with van der Waals surface area (Å²) in [4.78, 5) is 1.83. The summed E-state index contributed by atoms with van der Waals surface area (Å²) in [5.74, 6) is 0.0312. The Balaban J connectivity index is 3.60. The summed E-state index contributed by atoms with van der Waals surface area (Å²) in [6.07, 6.45) is 0. The standard InChI is InChI=1S/C7H16F3N3S/c8-7(9,10)14-6-5-13(3-1-11)4-2-12/h1-6,11-12H2. The van der Waals surface area contributed by atoms with Crippen LogP contribution in [0.5, 0.6) is 0 Å². The number of nitrogens with zero attached hydrogens (tertiary/aromatic N) is 1. The van der Waals surface area contributed by atoms with Gasteiger partial charge in [0.25, 0.3) is 0 Å². The monoisotopic (exact) mass is 231 g/mol. The highest BCUT2D eigenvalue weighted by Crippen LogP contribution is 2.29. The van der Waals surface area contributed by atoms with Crippen LogP contribution in [0.3, 0.4) is 0 Å². The summed E-state index contributed by atoms with van der Waals surface area (Å²) in [5.41, 5.74) is 6.47. The molecule has 0 saturated heterocycles. The number of halogens is 3. The molecule has 3 nitrogen and oxygen atoms in total. The van der Waals surface area contributed by atoms with Crippen molar-refractivity contribution in [1.82, 2.24) is 4.90 Å². The number of thioether (sulfide) groups is 1. The molecule has 0 atom stereocenters. The lowest BCUT2D eigenvalue weighted by atomic mass is 10.4. The van der Waals surface area contributed by atoms with Gasteiger partial charge in [-0.1, -0.05) is 0 Å². The third-order valence-corrected chi connectivity index (χ3v) is 2.28. The van der Waals surface area contributed by atoms with E-state index < -0.39 is 5.51 Å². The van der Waals surface area contributed by atoms with Gasteiger partial charge < -0.3 is 16.4 Å². The molecule has 0 bridgehead atoms. The molecule has 0 radical (unpaired) electrons. The van der Waals surface area contributed by atoms with Crippen molar-refractivity contribution in [3.63, 3.8) is 0 Å². The molecule has 7 heteroatoms. The summed E-state index contributed by atoms with van der Waals surface area (Å²) in [7, 11) is 0. The molecule has 0 aliphatic rings. The van der Waals surface area contributed by atoms with E-state index in [1.807, 2.05) is 4.90 Å². The third-order valence-electron chi connectivity index (χ3n) is 1.56. The van der Waals surface area contributed by atoms with Crippen LogP contribution < -0.4 is 11.5 Å². The van der Waals surface area contributed by atoms with E-state index in [9.17, 15) is 13.2 Å². The number of alkyl halides is 3. The van der Waals surface area contributed by atoms with Gasteiger partial charge in [0.1, 0.15) is 0 Å². The van der Waals surface area contributed by atoms with Crippen LogP contribution in [0, 0.1) is 0 Å². The van der Waals surface area contributed by atoms with E-state index in [4.69, 9.17) is 11.5 Å². The Labute approximate surface area is 86.0 Å². The molecule has 0 aromatic carbocycles. The third kappa shape index (κ3) is 8.61. The quantitative estimate of drug-likeness (QED) is 0.668. The fraction of sp³-hybridized carbons (Fsp3) is 1.00. The van der Waals surface area contributed by atoms with Crippen LogP contribution in [0.2, 0.25) is 0 Å². The molecule has 4 N–H and O–H groups in total. The molecule has 0 heterocycles. The molecule has 0 spiro atoms. The van der Waals surface area contributed by atoms with Crippen LogP contribution >= 0.6 is 11.8 Å². The molecule has 86 valence electrons. The molecule has 0 aliphatic carbocycles. The first-order chi connectivity index (χ1) is 6.49. The van der Waals surface area contributed by atoms with Crippen molar-refractivity contribution in [2.45, 2.75) is 5.51 Å². The Bertz CT molecular complexity index is 137. The predicted molar refractivity (Wildman–Crippen MR) is 53.1 cm³/mol. The molecule has 0 aliphatic heterocycles. The highest BCUT2D eigenvalue weighted by atomic mass is 32.2. The molecule has 0 aromatic rings. The number of hydrogen-bond donors (Lipinski definition) is 2. The van der Waals surface area contributed by atoms with Gasteiger partial charge in [0, 0.05) is 38.5 Å². The number of hydrogen-bond acceptors (Lipinski definition) is 4. The molecular formula is C7H16F3N3S. The molecule has 0 rings (SSSR count). The lowest BCUT2D eigenvalue weighted by Crippen LogP contribution is -2.35. The second-order valence-electron chi connectivity index (χ2n) is 2.71. The van der Waals surface area contributed by atoms with Crippen molar-refractivity contribution in [2.24, 2.45) is 11.5 Å². The van der Waals surface area contributed by atoms with Crippen molar-refractivity contribution in [2.75, 3.05) is 38.5 Å². The minimum Gasteiger partial charge on any atom is -0.329 e. The van der Waals surface area contributed by atoms with Crippen molar-refractivity contribution < 1.29 is 13.2 Å². The predicted octanol–water partition coefficient (Wildman–Crippen LogP) is 0.459. The van der Waals surface area contributed by atoms with Crippen molar-refractivity contribution in [3.8, 4) is 0 Å². The van der Waals surface area contributed by atoms with Crippen LogP contribution in [0.25, 0.3) is 0 Å². The highest BCUT2D eigenvalue weighted by molar-refractivity contribution is 8.00. The van der Waals surface area contributed by atoms with Crippen molar-refractivity contribution in [3.05, 3.63) is 0 Å². The molecule has 0 fully saturated rings. The normalized spacial score (nSPS) is 12.4. The average molecular weight is 231 g/mol. The molecular weight excluding hydrogens is 215 g/mol. The molecule has 0 saturated carbocycles. The maximum Gasteiger partial charge on any atom is 0.441 e. The zero-order valence-electron chi connectivity index (χ0n) is 7.89. The van der Waals surface area contributed by atoms with E-state index >= 15 is 0 Å². The van der Waals surface area contributed by atoms with E-state index in [2.05, 4.69) is 0 Å². The number of rotatable bonds is 7. The van der Waals surface area contributed by atoms with Crippen LogP contribution in [-0.2, 0) is 0 Å². The summed E-state index contributed by atoms with van der Waals surface area (Å²) < 4.78 is 35.3. The number of nitrogens with two attached hydrogens (primary N) is 2. The van der Waals surface area contributed by atoms with Crippen LogP contribution in [0.1, 0.15) is 0 Å². The SMILES string of the molecule is NCCN(CCN)CCSC(F)(F)F. The van der Waals surface area contributed by atoms with Gasteiger partial charge in [0.2, 0.25) is 0 Å². The van der Waals surface area contributed by atoms with Crippen LogP contribution in [0.15, 0.2) is 0 Å². The molecule has 14 heavy (non-hydrogen) atoms. The first kappa shape index (κ1) is 14.0. The van der Waals surface area contributed by atoms with E-state index in [0.29, 0.717) is 32.7 Å².